The molecule has 5 heteroatoms. The summed E-state index contributed by atoms with van der Waals surface area (Å²) >= 11 is 0. The lowest BCUT2D eigenvalue weighted by molar-refractivity contribution is 1.03. The zero-order valence-corrected chi connectivity index (χ0v) is 16.8. The van der Waals surface area contributed by atoms with Crippen molar-refractivity contribution >= 4 is 19.4 Å². The molecule has 1 heterocycles. The van der Waals surface area contributed by atoms with Gasteiger partial charge in [0.05, 0.1) is 5.69 Å². The fraction of sp³-hybridized carbons (Fsp3) is 0.130. The molecule has 0 unspecified atom stereocenters. The molecule has 0 bridgehead atoms. The third-order valence-electron chi connectivity index (χ3n) is 4.19. The van der Waals surface area contributed by atoms with Crippen LogP contribution in [0.25, 0.3) is 0 Å². The second kappa shape index (κ2) is 10.1. The van der Waals surface area contributed by atoms with Crippen molar-refractivity contribution in [1.82, 2.24) is 9.97 Å². The Balaban J connectivity index is 2.00. The van der Waals surface area contributed by atoms with E-state index in [1.165, 1.54) is 5.56 Å². The summed E-state index contributed by atoms with van der Waals surface area (Å²) < 4.78 is 0. The topological polar surface area (TPSA) is 49.8 Å². The first-order chi connectivity index (χ1) is 13.4. The van der Waals surface area contributed by atoms with E-state index >= 15 is 0 Å². The van der Waals surface area contributed by atoms with Crippen LogP contribution in [0.3, 0.4) is 0 Å². The van der Waals surface area contributed by atoms with Crippen molar-refractivity contribution in [3.63, 3.8) is 0 Å². The summed E-state index contributed by atoms with van der Waals surface area (Å²) in [6.07, 6.45) is 6.70. The Morgan fingerprint density at radius 2 is 1.79 bits per heavy atom. The lowest BCUT2D eigenvalue weighted by atomic mass is 9.88. The quantitative estimate of drug-likeness (QED) is 0.475. The highest BCUT2D eigenvalue weighted by Gasteiger charge is 2.04. The van der Waals surface area contributed by atoms with Gasteiger partial charge in [-0.15, -0.1) is 0 Å². The lowest BCUT2D eigenvalue weighted by Gasteiger charge is -2.12. The van der Waals surface area contributed by atoms with Gasteiger partial charge in [0, 0.05) is 36.0 Å². The van der Waals surface area contributed by atoms with E-state index in [0.717, 1.165) is 46.1 Å². The fourth-order valence-electron chi connectivity index (χ4n) is 2.68. The van der Waals surface area contributed by atoms with E-state index in [9.17, 15) is 0 Å². The molecule has 2 N–H and O–H groups in total. The Morgan fingerprint density at radius 3 is 2.39 bits per heavy atom. The van der Waals surface area contributed by atoms with Crippen LogP contribution in [0.15, 0.2) is 97.6 Å². The van der Waals surface area contributed by atoms with Crippen LogP contribution in [0.5, 0.6) is 0 Å². The van der Waals surface area contributed by atoms with Crippen molar-refractivity contribution in [1.29, 1.82) is 0 Å². The van der Waals surface area contributed by atoms with Crippen molar-refractivity contribution < 1.29 is 0 Å². The third kappa shape index (κ3) is 6.43. The van der Waals surface area contributed by atoms with Gasteiger partial charge in [-0.1, -0.05) is 56.1 Å². The first-order valence-electron chi connectivity index (χ1n) is 9.13. The lowest BCUT2D eigenvalue weighted by Crippen LogP contribution is -2.01. The van der Waals surface area contributed by atoms with Crippen LogP contribution >= 0.6 is 0 Å². The largest absolute Gasteiger partial charge is 0.359 e. The highest BCUT2D eigenvalue weighted by molar-refractivity contribution is 6.24. The zero-order chi connectivity index (χ0) is 20.5. The molecule has 1 aromatic heterocycles. The molecule has 0 saturated heterocycles. The maximum absolute atomic E-state index is 4.35. The second-order valence-electron chi connectivity index (χ2n) is 6.70. The number of benzene rings is 1. The fourth-order valence-corrected chi connectivity index (χ4v) is 2.68. The molecule has 0 atom stereocenters. The van der Waals surface area contributed by atoms with Crippen LogP contribution in [-0.2, 0) is 6.42 Å². The number of anilines is 2. The average molecular weight is 370 g/mol. The Kier molecular flexibility index (Phi) is 7.58. The van der Waals surface area contributed by atoms with E-state index < -0.39 is 0 Å². The summed E-state index contributed by atoms with van der Waals surface area (Å²) in [6.45, 7) is 17.5. The van der Waals surface area contributed by atoms with Crippen molar-refractivity contribution in [2.45, 2.75) is 19.8 Å². The van der Waals surface area contributed by atoms with Crippen LogP contribution in [0.4, 0.5) is 11.5 Å². The van der Waals surface area contributed by atoms with Gasteiger partial charge in [-0.2, -0.15) is 0 Å². The predicted octanol–water partition coefficient (Wildman–Crippen LogP) is 4.59. The van der Waals surface area contributed by atoms with E-state index in [2.05, 4.69) is 59.1 Å². The molecule has 0 aliphatic rings. The van der Waals surface area contributed by atoms with Crippen LogP contribution in [0.1, 0.15) is 24.6 Å². The summed E-state index contributed by atoms with van der Waals surface area (Å²) in [6, 6.07) is 10.2. The Hall–Kier alpha value is -3.34. The molecule has 0 saturated carbocycles. The molecule has 0 aliphatic carbocycles. The molecule has 1 aromatic carbocycles. The summed E-state index contributed by atoms with van der Waals surface area (Å²) in [4.78, 5) is 8.54. The average Bonchev–Trinajstić information content (AvgIpc) is 2.67. The number of rotatable bonds is 10. The van der Waals surface area contributed by atoms with Crippen molar-refractivity contribution in [3.05, 3.63) is 109 Å². The monoisotopic (exact) mass is 370 g/mol. The minimum absolute atomic E-state index is 0.711. The molecule has 28 heavy (non-hydrogen) atoms. The van der Waals surface area contributed by atoms with Crippen LogP contribution in [0, 0.1) is 0 Å². The normalized spacial score (nSPS) is 11.2. The number of hydrogen-bond acceptors (Lipinski definition) is 4. The third-order valence-corrected chi connectivity index (χ3v) is 4.19. The van der Waals surface area contributed by atoms with Crippen LogP contribution < -0.4 is 10.6 Å². The summed E-state index contributed by atoms with van der Waals surface area (Å²) in [5.74, 6) is 0.757. The predicted molar refractivity (Wildman–Crippen MR) is 123 cm³/mol. The van der Waals surface area contributed by atoms with Gasteiger partial charge in [0.25, 0.3) is 0 Å². The maximum Gasteiger partial charge on any atom is 0.139 e. The van der Waals surface area contributed by atoms with E-state index in [4.69, 9.17) is 0 Å². The first kappa shape index (κ1) is 21.0. The van der Waals surface area contributed by atoms with Crippen LogP contribution in [0.2, 0.25) is 0 Å². The summed E-state index contributed by atoms with van der Waals surface area (Å²) in [5.41, 5.74) is 7.11. The second-order valence-corrected chi connectivity index (χ2v) is 6.70. The van der Waals surface area contributed by atoms with E-state index in [-0.39, 0.29) is 0 Å². The Bertz CT molecular complexity index is 910. The van der Waals surface area contributed by atoms with Crippen LogP contribution in [-0.4, -0.2) is 17.8 Å². The van der Waals surface area contributed by atoms with Gasteiger partial charge in [-0.3, -0.25) is 0 Å². The molecular weight excluding hydrogens is 343 g/mol. The summed E-state index contributed by atoms with van der Waals surface area (Å²) in [5, 5.41) is 6.46. The van der Waals surface area contributed by atoms with Gasteiger partial charge >= 0.3 is 0 Å². The van der Waals surface area contributed by atoms with Crippen molar-refractivity contribution in [2.24, 2.45) is 0 Å². The van der Waals surface area contributed by atoms with E-state index in [1.54, 1.807) is 6.33 Å². The molecule has 2 rings (SSSR count). The number of nitrogens with one attached hydrogen (secondary N) is 2. The Labute approximate surface area is 168 Å². The number of hydrogen-bond donors (Lipinski definition) is 2. The molecule has 0 spiro atoms. The SMILES string of the molecule is B/C(C=C)=C(/C=C)CC(=C)Nc1ccc(Cc2cc(NC(=C)C)ncn2)cc1. The van der Waals surface area contributed by atoms with E-state index in [0.29, 0.717) is 6.42 Å². The molecule has 2 aromatic rings. The molecule has 142 valence electrons. The molecule has 0 radical (unpaired) electrons. The van der Waals surface area contributed by atoms with Gasteiger partial charge in [0.2, 0.25) is 0 Å². The first-order valence-corrected chi connectivity index (χ1v) is 9.13. The Morgan fingerprint density at radius 1 is 1.07 bits per heavy atom. The van der Waals surface area contributed by atoms with Gasteiger partial charge in [-0.25, -0.2) is 9.97 Å². The minimum atomic E-state index is 0.711. The zero-order valence-electron chi connectivity index (χ0n) is 16.8. The smallest absolute Gasteiger partial charge is 0.139 e. The minimum Gasteiger partial charge on any atom is -0.359 e. The molecular formula is C23H27BN4. The number of nitrogens with zero attached hydrogens (tertiary/aromatic N) is 2. The maximum atomic E-state index is 4.35. The number of allylic oxidation sites excluding steroid dienone is 5. The molecule has 0 amide bonds. The molecule has 0 aliphatic heterocycles. The van der Waals surface area contributed by atoms with E-state index in [1.807, 2.05) is 45.1 Å². The number of aromatic nitrogens is 2. The standard InChI is InChI=1S/C23H27BN4/c1-6-19(22(24)7-2)12-17(5)28-20-10-8-18(9-11-20)13-21-14-23(26-15-25-21)27-16(3)4/h6-11,14-15,28H,1-3,5,12-13,24H2,4H3,(H,25,26,27)/b22-19-. The molecule has 4 nitrogen and oxygen atoms in total. The van der Waals surface area contributed by atoms with Crippen molar-refractivity contribution in [3.8, 4) is 0 Å². The van der Waals surface area contributed by atoms with Gasteiger partial charge in [0.1, 0.15) is 20.0 Å². The highest BCUT2D eigenvalue weighted by atomic mass is 15.0. The van der Waals surface area contributed by atoms with Gasteiger partial charge < -0.3 is 10.6 Å². The van der Waals surface area contributed by atoms with Crippen molar-refractivity contribution in [2.75, 3.05) is 10.6 Å². The highest BCUT2D eigenvalue weighted by Crippen LogP contribution is 2.19. The van der Waals surface area contributed by atoms with Gasteiger partial charge in [-0.05, 0) is 30.2 Å². The van der Waals surface area contributed by atoms with Gasteiger partial charge in [0.15, 0.2) is 0 Å². The summed E-state index contributed by atoms with van der Waals surface area (Å²) in [7, 11) is 2.02. The molecule has 0 fully saturated rings.